The van der Waals surface area contributed by atoms with Crippen LogP contribution in [-0.2, 0) is 12.7 Å². The molecule has 2 N–H and O–H groups in total. The molecule has 1 atom stereocenters. The van der Waals surface area contributed by atoms with Gasteiger partial charge in [0.25, 0.3) is 5.91 Å². The predicted molar refractivity (Wildman–Crippen MR) is 97.3 cm³/mol. The molecule has 1 aliphatic rings. The quantitative estimate of drug-likeness (QED) is 0.774. The van der Waals surface area contributed by atoms with E-state index < -0.39 is 17.4 Å². The van der Waals surface area contributed by atoms with Crippen LogP contribution in [0.1, 0.15) is 22.8 Å². The van der Waals surface area contributed by atoms with Crippen LogP contribution in [0.3, 0.4) is 0 Å². The number of rotatable bonds is 4. The molecule has 0 radical (unpaired) electrons. The van der Waals surface area contributed by atoms with Crippen LogP contribution in [0.4, 0.5) is 19.1 Å². The van der Waals surface area contributed by atoms with E-state index in [1.807, 2.05) is 0 Å². The molecular weight excluding hydrogens is 391 g/mol. The van der Waals surface area contributed by atoms with Crippen molar-refractivity contribution < 1.29 is 18.0 Å². The highest BCUT2D eigenvalue weighted by atomic mass is 19.4. The molecule has 0 bridgehead atoms. The number of carbonyl (C=O) groups excluding carboxylic acids is 1. The van der Waals surface area contributed by atoms with Gasteiger partial charge < -0.3 is 15.5 Å². The van der Waals surface area contributed by atoms with E-state index in [2.05, 4.69) is 15.0 Å². The van der Waals surface area contributed by atoms with Crippen molar-refractivity contribution in [2.24, 2.45) is 5.73 Å². The molecule has 0 aliphatic carbocycles. The van der Waals surface area contributed by atoms with E-state index in [4.69, 9.17) is 5.73 Å². The number of hydrogen-bond donors (Lipinski definition) is 1. The molecule has 0 spiro atoms. The molecule has 3 heterocycles. The van der Waals surface area contributed by atoms with Gasteiger partial charge in [0.2, 0.25) is 5.95 Å². The second kappa shape index (κ2) is 8.15. The van der Waals surface area contributed by atoms with Gasteiger partial charge in [-0.05, 0) is 6.92 Å². The third-order valence-corrected chi connectivity index (χ3v) is 4.40. The van der Waals surface area contributed by atoms with Gasteiger partial charge >= 0.3 is 11.9 Å². The maximum absolute atomic E-state index is 12.7. The van der Waals surface area contributed by atoms with Crippen LogP contribution in [0, 0.1) is 0 Å². The Morgan fingerprint density at radius 2 is 1.76 bits per heavy atom. The van der Waals surface area contributed by atoms with Crippen LogP contribution in [0.15, 0.2) is 29.6 Å². The smallest absolute Gasteiger partial charge is 0.337 e. The van der Waals surface area contributed by atoms with E-state index in [1.165, 1.54) is 17.0 Å². The number of nitrogens with two attached hydrogens (primary N) is 1. The molecule has 0 aromatic carbocycles. The fourth-order valence-electron chi connectivity index (χ4n) is 2.93. The molecule has 1 aliphatic heterocycles. The number of carbonyl (C=O) groups is 1. The lowest BCUT2D eigenvalue weighted by Crippen LogP contribution is -2.49. The summed E-state index contributed by atoms with van der Waals surface area (Å²) in [6.45, 7) is 3.37. The second-order valence-corrected chi connectivity index (χ2v) is 6.80. The Morgan fingerprint density at radius 3 is 2.31 bits per heavy atom. The highest BCUT2D eigenvalue weighted by Gasteiger charge is 2.32. The lowest BCUT2D eigenvalue weighted by molar-refractivity contribution is -0.138. The maximum atomic E-state index is 12.7. The molecule has 9 nitrogen and oxygen atoms in total. The summed E-state index contributed by atoms with van der Waals surface area (Å²) in [6, 6.07) is -0.271. The summed E-state index contributed by atoms with van der Waals surface area (Å²) in [4.78, 5) is 39.0. The average molecular weight is 411 g/mol. The molecule has 1 saturated heterocycles. The molecule has 29 heavy (non-hydrogen) atoms. The molecule has 1 amide bonds. The van der Waals surface area contributed by atoms with Crippen LogP contribution in [0.25, 0.3) is 0 Å². The Bertz CT molecular complexity index is 920. The van der Waals surface area contributed by atoms with Gasteiger partial charge in [0.1, 0.15) is 0 Å². The van der Waals surface area contributed by atoms with Crippen molar-refractivity contribution in [2.45, 2.75) is 25.7 Å². The van der Waals surface area contributed by atoms with Gasteiger partial charge in [-0.1, -0.05) is 0 Å². The Balaban J connectivity index is 1.65. The Morgan fingerprint density at radius 1 is 1.14 bits per heavy atom. The zero-order valence-electron chi connectivity index (χ0n) is 15.6. The third kappa shape index (κ3) is 4.88. The van der Waals surface area contributed by atoms with Crippen LogP contribution >= 0.6 is 0 Å². The van der Waals surface area contributed by atoms with E-state index in [-0.39, 0.29) is 30.0 Å². The lowest BCUT2D eigenvalue weighted by atomic mass is 10.2. The second-order valence-electron chi connectivity index (χ2n) is 6.80. The number of piperazine rings is 1. The van der Waals surface area contributed by atoms with Gasteiger partial charge in [0.05, 0.1) is 11.1 Å². The summed E-state index contributed by atoms with van der Waals surface area (Å²) in [6.07, 6.45) is -0.337. The highest BCUT2D eigenvalue weighted by Crippen LogP contribution is 2.28. The van der Waals surface area contributed by atoms with Gasteiger partial charge in [0.15, 0.2) is 0 Å². The van der Waals surface area contributed by atoms with E-state index in [0.717, 1.165) is 12.4 Å². The van der Waals surface area contributed by atoms with Crippen LogP contribution in [0.5, 0.6) is 0 Å². The van der Waals surface area contributed by atoms with Crippen molar-refractivity contribution in [3.8, 4) is 0 Å². The molecule has 0 saturated carbocycles. The average Bonchev–Trinajstić information content (AvgIpc) is 2.68. The Labute approximate surface area is 164 Å². The van der Waals surface area contributed by atoms with Crippen molar-refractivity contribution in [3.63, 3.8) is 0 Å². The fourth-order valence-corrected chi connectivity index (χ4v) is 2.93. The van der Waals surface area contributed by atoms with Crippen molar-refractivity contribution in [1.82, 2.24) is 24.4 Å². The summed E-state index contributed by atoms with van der Waals surface area (Å²) in [5, 5.41) is 0. The minimum atomic E-state index is -4.49. The number of alkyl halides is 3. The van der Waals surface area contributed by atoms with Crippen molar-refractivity contribution >= 4 is 11.9 Å². The van der Waals surface area contributed by atoms with Crippen molar-refractivity contribution in [1.29, 1.82) is 0 Å². The summed E-state index contributed by atoms with van der Waals surface area (Å²) in [5.41, 5.74) is 4.58. The van der Waals surface area contributed by atoms with Crippen molar-refractivity contribution in [2.75, 3.05) is 31.1 Å². The number of amides is 1. The minimum Gasteiger partial charge on any atom is -0.337 e. The maximum Gasteiger partial charge on any atom is 0.419 e. The molecule has 3 rings (SSSR count). The van der Waals surface area contributed by atoms with Crippen LogP contribution in [0.2, 0.25) is 0 Å². The minimum absolute atomic E-state index is 0.178. The summed E-state index contributed by atoms with van der Waals surface area (Å²) >= 11 is 0. The van der Waals surface area contributed by atoms with E-state index in [9.17, 15) is 22.8 Å². The summed E-state index contributed by atoms with van der Waals surface area (Å²) < 4.78 is 39.1. The molecule has 156 valence electrons. The molecular formula is C17H20F3N7O2. The molecule has 2 aromatic rings. The zero-order valence-corrected chi connectivity index (χ0v) is 15.6. The van der Waals surface area contributed by atoms with Gasteiger partial charge in [-0.15, -0.1) is 0 Å². The third-order valence-electron chi connectivity index (χ3n) is 4.40. The normalized spacial score (nSPS) is 16.0. The SMILES string of the molecule is C[C@H](N)Cn1cc(C(=O)N2CCN(c3ncc(C(F)(F)F)cn3)CC2)cnc1=O. The van der Waals surface area contributed by atoms with Gasteiger partial charge in [-0.3, -0.25) is 9.36 Å². The predicted octanol–water partition coefficient (Wildman–Crippen LogP) is 0.362. The van der Waals surface area contributed by atoms with Gasteiger partial charge in [0, 0.05) is 63.6 Å². The topological polar surface area (TPSA) is 110 Å². The molecule has 12 heteroatoms. The summed E-state index contributed by atoms with van der Waals surface area (Å²) in [5.74, 6) is -0.110. The van der Waals surface area contributed by atoms with Crippen LogP contribution < -0.4 is 16.3 Å². The lowest BCUT2D eigenvalue weighted by Gasteiger charge is -2.34. The number of aromatic nitrogens is 4. The Kier molecular flexibility index (Phi) is 5.82. The van der Waals surface area contributed by atoms with Crippen LogP contribution in [-0.4, -0.2) is 62.5 Å². The fraction of sp³-hybridized carbons (Fsp3) is 0.471. The van der Waals surface area contributed by atoms with E-state index in [1.54, 1.807) is 16.7 Å². The monoisotopic (exact) mass is 411 g/mol. The van der Waals surface area contributed by atoms with E-state index in [0.29, 0.717) is 26.2 Å². The van der Waals surface area contributed by atoms with Gasteiger partial charge in [-0.2, -0.15) is 13.2 Å². The highest BCUT2D eigenvalue weighted by molar-refractivity contribution is 5.93. The standard InChI is InChI=1S/C17H20F3N7O2/c1-11(21)9-27-10-12(6-24-16(27)29)14(28)25-2-4-26(5-3-25)15-22-7-13(8-23-15)17(18,19)20/h6-8,10-11H,2-5,9,21H2,1H3/t11-/m0/s1. The van der Waals surface area contributed by atoms with Crippen molar-refractivity contribution in [3.05, 3.63) is 46.4 Å². The molecule has 1 fully saturated rings. The largest absolute Gasteiger partial charge is 0.419 e. The first-order chi connectivity index (χ1) is 13.6. The number of hydrogen-bond acceptors (Lipinski definition) is 7. The number of nitrogens with zero attached hydrogens (tertiary/aromatic N) is 6. The molecule has 2 aromatic heterocycles. The first-order valence-electron chi connectivity index (χ1n) is 8.90. The van der Waals surface area contributed by atoms with Gasteiger partial charge in [-0.25, -0.2) is 19.7 Å². The first-order valence-corrected chi connectivity index (χ1v) is 8.90. The number of anilines is 1. The molecule has 0 unspecified atom stereocenters. The summed E-state index contributed by atoms with van der Waals surface area (Å²) in [7, 11) is 0. The van der Waals surface area contributed by atoms with E-state index >= 15 is 0 Å². The first kappa shape index (κ1) is 20.7. The zero-order chi connectivity index (χ0) is 21.2. The Hall–Kier alpha value is -3.02. The number of halogens is 3.